The second kappa shape index (κ2) is 5.70. The summed E-state index contributed by atoms with van der Waals surface area (Å²) < 4.78 is 32.3. The van der Waals surface area contributed by atoms with Crippen molar-refractivity contribution >= 4 is 15.9 Å². The summed E-state index contributed by atoms with van der Waals surface area (Å²) in [6, 6.07) is 0. The second-order valence-corrected chi connectivity index (χ2v) is 9.87. The predicted octanol–water partition coefficient (Wildman–Crippen LogP) is 1.02. The molecule has 0 aromatic heterocycles. The summed E-state index contributed by atoms with van der Waals surface area (Å²) in [6.07, 6.45) is 6.77. The highest BCUT2D eigenvalue weighted by Crippen LogP contribution is 2.41. The molecule has 4 aliphatic rings. The maximum atomic E-state index is 12.3. The molecule has 0 bridgehead atoms. The Balaban J connectivity index is 1.30. The molecule has 2 saturated heterocycles. The molecule has 1 atom stereocenters. The zero-order valence-corrected chi connectivity index (χ0v) is 14.3. The van der Waals surface area contributed by atoms with Gasteiger partial charge in [-0.3, -0.25) is 4.79 Å². The van der Waals surface area contributed by atoms with Gasteiger partial charge >= 0.3 is 0 Å². The summed E-state index contributed by atoms with van der Waals surface area (Å²) in [5.41, 5.74) is -0.281. The molecule has 23 heavy (non-hydrogen) atoms. The quantitative estimate of drug-likeness (QED) is 0.809. The number of rotatable bonds is 5. The molecule has 4 rings (SSSR count). The Labute approximate surface area is 138 Å². The molecule has 2 aliphatic carbocycles. The summed E-state index contributed by atoms with van der Waals surface area (Å²) in [6.45, 7) is 1.85. The lowest BCUT2D eigenvalue weighted by atomic mass is 9.89. The summed E-state index contributed by atoms with van der Waals surface area (Å²) in [7, 11) is -3.08. The fourth-order valence-corrected chi connectivity index (χ4v) is 5.62. The molecule has 0 aromatic carbocycles. The van der Waals surface area contributed by atoms with Gasteiger partial charge in [0, 0.05) is 19.6 Å². The molecular formula is C16H26N2O4S. The zero-order valence-electron chi connectivity index (χ0n) is 13.5. The topological polar surface area (TPSA) is 75.7 Å². The van der Waals surface area contributed by atoms with E-state index in [1.54, 1.807) is 4.31 Å². The highest BCUT2D eigenvalue weighted by Gasteiger charge is 2.48. The zero-order chi connectivity index (χ0) is 16.1. The number of amides is 1. The van der Waals surface area contributed by atoms with E-state index in [0.717, 1.165) is 32.2 Å². The van der Waals surface area contributed by atoms with E-state index >= 15 is 0 Å². The lowest BCUT2D eigenvalue weighted by molar-refractivity contribution is -0.139. The van der Waals surface area contributed by atoms with Crippen LogP contribution in [0.25, 0.3) is 0 Å². The van der Waals surface area contributed by atoms with Crippen LogP contribution in [-0.4, -0.2) is 55.2 Å². The minimum absolute atomic E-state index is 0.0156. The Morgan fingerprint density at radius 1 is 1.09 bits per heavy atom. The van der Waals surface area contributed by atoms with E-state index in [9.17, 15) is 13.2 Å². The molecule has 0 unspecified atom stereocenters. The van der Waals surface area contributed by atoms with Crippen molar-refractivity contribution in [2.45, 2.75) is 68.3 Å². The largest absolute Gasteiger partial charge is 0.362 e. The van der Waals surface area contributed by atoms with Gasteiger partial charge in [-0.1, -0.05) is 0 Å². The van der Waals surface area contributed by atoms with Gasteiger partial charge < -0.3 is 10.1 Å². The van der Waals surface area contributed by atoms with Gasteiger partial charge in [0.1, 0.15) is 6.10 Å². The van der Waals surface area contributed by atoms with Gasteiger partial charge in [0.25, 0.3) is 0 Å². The van der Waals surface area contributed by atoms with Gasteiger partial charge in [-0.15, -0.1) is 0 Å². The Morgan fingerprint density at radius 3 is 2.39 bits per heavy atom. The van der Waals surface area contributed by atoms with E-state index in [0.29, 0.717) is 31.8 Å². The van der Waals surface area contributed by atoms with Crippen LogP contribution >= 0.6 is 0 Å². The van der Waals surface area contributed by atoms with E-state index in [-0.39, 0.29) is 22.9 Å². The third-order valence-electron chi connectivity index (χ3n) is 5.75. The molecule has 7 heteroatoms. The molecular weight excluding hydrogens is 316 g/mol. The van der Waals surface area contributed by atoms with Gasteiger partial charge in [-0.05, 0) is 57.3 Å². The molecule has 6 nitrogen and oxygen atoms in total. The standard InChI is InChI=1S/C16H26N2O4S/c19-15(17-11-12-1-2-12)14-5-6-16(22-14)7-9-18(10-8-16)23(20,21)13-3-4-13/h12-14H,1-11H2,(H,17,19)/t14-/m1/s1. The molecule has 2 heterocycles. The minimum Gasteiger partial charge on any atom is -0.362 e. The van der Waals surface area contributed by atoms with Gasteiger partial charge in [0.05, 0.1) is 10.9 Å². The lowest BCUT2D eigenvalue weighted by Gasteiger charge is -2.38. The van der Waals surface area contributed by atoms with Crippen LogP contribution in [0.15, 0.2) is 0 Å². The fraction of sp³-hybridized carbons (Fsp3) is 0.938. The smallest absolute Gasteiger partial charge is 0.249 e. The number of ether oxygens (including phenoxy) is 1. The van der Waals surface area contributed by atoms with Gasteiger partial charge in [0.15, 0.2) is 0 Å². The van der Waals surface area contributed by atoms with Crippen molar-refractivity contribution in [1.29, 1.82) is 0 Å². The van der Waals surface area contributed by atoms with Crippen LogP contribution in [0.4, 0.5) is 0 Å². The van der Waals surface area contributed by atoms with Crippen molar-refractivity contribution in [2.24, 2.45) is 5.92 Å². The van der Waals surface area contributed by atoms with Crippen LogP contribution in [0.1, 0.15) is 51.4 Å². The lowest BCUT2D eigenvalue weighted by Crippen LogP contribution is -2.48. The highest BCUT2D eigenvalue weighted by molar-refractivity contribution is 7.90. The van der Waals surface area contributed by atoms with Crippen LogP contribution in [0.2, 0.25) is 0 Å². The second-order valence-electron chi connectivity index (χ2n) is 7.66. The van der Waals surface area contributed by atoms with Crippen LogP contribution in [0.3, 0.4) is 0 Å². The number of piperidine rings is 1. The van der Waals surface area contributed by atoms with Crippen LogP contribution in [0, 0.1) is 5.92 Å². The minimum atomic E-state index is -3.08. The molecule has 2 saturated carbocycles. The van der Waals surface area contributed by atoms with Crippen molar-refractivity contribution in [3.63, 3.8) is 0 Å². The monoisotopic (exact) mass is 342 g/mol. The van der Waals surface area contributed by atoms with E-state index in [2.05, 4.69) is 5.32 Å². The fourth-order valence-electron chi connectivity index (χ4n) is 3.77. The molecule has 4 fully saturated rings. The number of nitrogens with one attached hydrogen (secondary N) is 1. The number of carbonyl (C=O) groups is 1. The van der Waals surface area contributed by atoms with E-state index in [4.69, 9.17) is 4.74 Å². The van der Waals surface area contributed by atoms with Gasteiger partial charge in [-0.25, -0.2) is 12.7 Å². The maximum absolute atomic E-state index is 12.3. The SMILES string of the molecule is O=C(NCC1CC1)[C@H]1CCC2(CCN(S(=O)(=O)C3CC3)CC2)O1. The first-order valence-electron chi connectivity index (χ1n) is 8.93. The Morgan fingerprint density at radius 2 is 1.78 bits per heavy atom. The third kappa shape index (κ3) is 3.28. The molecule has 0 aromatic rings. The first-order chi connectivity index (χ1) is 11.0. The highest BCUT2D eigenvalue weighted by atomic mass is 32.2. The Hall–Kier alpha value is -0.660. The van der Waals surface area contributed by atoms with Crippen molar-refractivity contribution in [1.82, 2.24) is 9.62 Å². The molecule has 1 N–H and O–H groups in total. The van der Waals surface area contributed by atoms with Crippen molar-refractivity contribution in [3.8, 4) is 0 Å². The van der Waals surface area contributed by atoms with E-state index in [1.807, 2.05) is 0 Å². The average molecular weight is 342 g/mol. The number of sulfonamides is 1. The van der Waals surface area contributed by atoms with Crippen LogP contribution in [0.5, 0.6) is 0 Å². The van der Waals surface area contributed by atoms with Gasteiger partial charge in [0.2, 0.25) is 15.9 Å². The number of hydrogen-bond donors (Lipinski definition) is 1. The predicted molar refractivity (Wildman–Crippen MR) is 85.3 cm³/mol. The summed E-state index contributed by atoms with van der Waals surface area (Å²) in [4.78, 5) is 12.2. The molecule has 130 valence electrons. The average Bonchev–Trinajstić information content (AvgIpc) is 3.44. The van der Waals surface area contributed by atoms with E-state index < -0.39 is 10.0 Å². The van der Waals surface area contributed by atoms with Crippen molar-refractivity contribution in [3.05, 3.63) is 0 Å². The summed E-state index contributed by atoms with van der Waals surface area (Å²) in [5, 5.41) is 2.86. The maximum Gasteiger partial charge on any atom is 0.249 e. The number of nitrogens with zero attached hydrogens (tertiary/aromatic N) is 1. The normalized spacial score (nSPS) is 31.4. The first-order valence-corrected chi connectivity index (χ1v) is 10.4. The van der Waals surface area contributed by atoms with Crippen LogP contribution in [-0.2, 0) is 19.6 Å². The Bertz CT molecular complexity index is 575. The van der Waals surface area contributed by atoms with Crippen molar-refractivity contribution in [2.75, 3.05) is 19.6 Å². The Kier molecular flexibility index (Phi) is 3.93. The first kappa shape index (κ1) is 15.8. The number of hydrogen-bond acceptors (Lipinski definition) is 4. The summed E-state index contributed by atoms with van der Waals surface area (Å²) >= 11 is 0. The van der Waals surface area contributed by atoms with Gasteiger partial charge in [-0.2, -0.15) is 0 Å². The molecule has 2 aliphatic heterocycles. The van der Waals surface area contributed by atoms with Crippen molar-refractivity contribution < 1.29 is 17.9 Å². The molecule has 1 spiro atoms. The molecule has 1 amide bonds. The number of carbonyl (C=O) groups excluding carboxylic acids is 1. The molecule has 0 radical (unpaired) electrons. The van der Waals surface area contributed by atoms with Crippen LogP contribution < -0.4 is 5.32 Å². The summed E-state index contributed by atoms with van der Waals surface area (Å²) in [5.74, 6) is 0.687. The third-order valence-corrected chi connectivity index (χ3v) is 8.15. The van der Waals surface area contributed by atoms with E-state index in [1.165, 1.54) is 12.8 Å².